The quantitative estimate of drug-likeness (QED) is 0.605. The molecule has 0 fully saturated rings. The summed E-state index contributed by atoms with van der Waals surface area (Å²) in [6, 6.07) is 4.56. The van der Waals surface area contributed by atoms with Gasteiger partial charge >= 0.3 is 88.2 Å². The first kappa shape index (κ1) is 7.85. The molecule has 0 nitrogen and oxygen atoms in total. The molecular formula is C6H2Br2Se2. The molecule has 0 aliphatic heterocycles. The van der Waals surface area contributed by atoms with E-state index < -0.39 is 0 Å². The van der Waals surface area contributed by atoms with Gasteiger partial charge in [0, 0.05) is 0 Å². The second-order valence-electron chi connectivity index (χ2n) is 1.83. The average Bonchev–Trinajstić information content (AvgIpc) is 2.21. The van der Waals surface area contributed by atoms with Crippen LogP contribution in [0, 0.1) is 0 Å². The van der Waals surface area contributed by atoms with E-state index in [-0.39, 0.29) is 0 Å². The van der Waals surface area contributed by atoms with Gasteiger partial charge < -0.3 is 0 Å². The Labute approximate surface area is 87.4 Å². The van der Waals surface area contributed by atoms with Crippen LogP contribution in [0.3, 0.4) is 0 Å². The maximum atomic E-state index is 3.53. The predicted molar refractivity (Wildman–Crippen MR) is 53.2 cm³/mol. The molecule has 0 saturated carbocycles. The van der Waals surface area contributed by atoms with E-state index in [1.54, 1.807) is 8.52 Å². The predicted octanol–water partition coefficient (Wildman–Crippen LogP) is 2.48. The summed E-state index contributed by atoms with van der Waals surface area (Å²) in [4.78, 5) is 0. The van der Waals surface area contributed by atoms with Crippen molar-refractivity contribution in [3.63, 3.8) is 0 Å². The van der Waals surface area contributed by atoms with Gasteiger partial charge in [-0.3, -0.25) is 0 Å². The zero-order valence-electron chi connectivity index (χ0n) is 4.73. The molecule has 2 rings (SSSR count). The van der Waals surface area contributed by atoms with Crippen LogP contribution in [0.2, 0.25) is 0 Å². The average molecular weight is 392 g/mol. The van der Waals surface area contributed by atoms with Crippen LogP contribution < -0.4 is 0 Å². The standard InChI is InChI=1S/C6H2Br2Se2/c7-5-1-3-4(10-5)2-6(8)9-3/h1-2H. The van der Waals surface area contributed by atoms with Crippen molar-refractivity contribution in [1.82, 2.24) is 0 Å². The topological polar surface area (TPSA) is 0 Å². The first-order chi connectivity index (χ1) is 4.75. The number of hydrogen-bond donors (Lipinski definition) is 0. The van der Waals surface area contributed by atoms with E-state index in [0.29, 0.717) is 29.0 Å². The van der Waals surface area contributed by atoms with Gasteiger partial charge in [0.25, 0.3) is 0 Å². The summed E-state index contributed by atoms with van der Waals surface area (Å²) in [6.45, 7) is 0. The minimum absolute atomic E-state index is 0.576. The third-order valence-electron chi connectivity index (χ3n) is 1.15. The molecular weight excluding hydrogens is 390 g/mol. The zero-order valence-corrected chi connectivity index (χ0v) is 11.3. The number of fused-ring (bicyclic) bond motifs is 1. The summed E-state index contributed by atoms with van der Waals surface area (Å²) in [6.07, 6.45) is 0. The number of hydrogen-bond acceptors (Lipinski definition) is 0. The van der Waals surface area contributed by atoms with Crippen molar-refractivity contribution in [2.75, 3.05) is 0 Å². The number of rotatable bonds is 0. The van der Waals surface area contributed by atoms with Crippen LogP contribution in [0.15, 0.2) is 18.8 Å². The molecule has 0 aliphatic rings. The van der Waals surface area contributed by atoms with E-state index in [1.165, 1.54) is 6.69 Å². The fourth-order valence-electron chi connectivity index (χ4n) is 0.777. The summed E-state index contributed by atoms with van der Waals surface area (Å²) in [5, 5.41) is 0. The molecule has 0 bridgehead atoms. The molecule has 0 amide bonds. The Morgan fingerprint density at radius 1 is 0.900 bits per heavy atom. The van der Waals surface area contributed by atoms with Crippen molar-refractivity contribution in [2.24, 2.45) is 0 Å². The van der Waals surface area contributed by atoms with Crippen molar-refractivity contribution in [1.29, 1.82) is 0 Å². The van der Waals surface area contributed by atoms with Gasteiger partial charge in [0.2, 0.25) is 0 Å². The van der Waals surface area contributed by atoms with Crippen molar-refractivity contribution >= 4 is 69.4 Å². The van der Waals surface area contributed by atoms with E-state index in [2.05, 4.69) is 44.0 Å². The third-order valence-corrected chi connectivity index (χ3v) is 7.59. The molecule has 0 unspecified atom stereocenters. The summed E-state index contributed by atoms with van der Waals surface area (Å²) in [5.74, 6) is 0. The molecule has 0 saturated heterocycles. The van der Waals surface area contributed by atoms with E-state index in [4.69, 9.17) is 0 Å². The molecule has 0 spiro atoms. The van der Waals surface area contributed by atoms with Crippen molar-refractivity contribution in [3.05, 3.63) is 18.8 Å². The Bertz CT molecular complexity index is 298. The molecule has 0 N–H and O–H groups in total. The first-order valence-corrected chi connectivity index (χ1v) is 7.61. The van der Waals surface area contributed by atoms with Gasteiger partial charge in [-0.05, 0) is 0 Å². The second-order valence-corrected chi connectivity index (χ2v) is 10.4. The molecule has 0 aromatic carbocycles. The SMILES string of the molecule is Brc1cc2[se]c(Br)cc2[se]1. The molecule has 0 aliphatic carbocycles. The second kappa shape index (κ2) is 2.93. The van der Waals surface area contributed by atoms with Gasteiger partial charge in [-0.1, -0.05) is 0 Å². The normalized spacial score (nSPS) is 11.0. The van der Waals surface area contributed by atoms with Crippen molar-refractivity contribution < 1.29 is 0 Å². The monoisotopic (exact) mass is 392 g/mol. The van der Waals surface area contributed by atoms with Crippen molar-refractivity contribution in [2.45, 2.75) is 0 Å². The first-order valence-electron chi connectivity index (χ1n) is 2.60. The minimum atomic E-state index is 0.576. The Kier molecular flexibility index (Phi) is 2.30. The Morgan fingerprint density at radius 3 is 1.70 bits per heavy atom. The van der Waals surface area contributed by atoms with Gasteiger partial charge in [0.15, 0.2) is 0 Å². The molecule has 2 aromatic heterocycles. The summed E-state index contributed by atoms with van der Waals surface area (Å²) < 4.78 is 5.91. The summed E-state index contributed by atoms with van der Waals surface area (Å²) in [7, 11) is 0. The van der Waals surface area contributed by atoms with Gasteiger partial charge in [-0.15, -0.1) is 0 Å². The van der Waals surface area contributed by atoms with Gasteiger partial charge in [-0.2, -0.15) is 0 Å². The fraction of sp³-hybridized carbons (Fsp3) is 0. The molecule has 52 valence electrons. The molecule has 4 heteroatoms. The van der Waals surface area contributed by atoms with Gasteiger partial charge in [-0.25, -0.2) is 0 Å². The Morgan fingerprint density at radius 2 is 1.30 bits per heavy atom. The molecule has 2 aromatic rings. The van der Waals surface area contributed by atoms with Gasteiger partial charge in [0.05, 0.1) is 0 Å². The Hall–Kier alpha value is 1.22. The van der Waals surface area contributed by atoms with Crippen LogP contribution in [0.25, 0.3) is 8.52 Å². The van der Waals surface area contributed by atoms with E-state index in [0.717, 1.165) is 0 Å². The van der Waals surface area contributed by atoms with Crippen LogP contribution in [-0.4, -0.2) is 29.0 Å². The van der Waals surface area contributed by atoms with Crippen molar-refractivity contribution in [3.8, 4) is 0 Å². The zero-order chi connectivity index (χ0) is 7.14. The summed E-state index contributed by atoms with van der Waals surface area (Å²) >= 11 is 8.20. The van der Waals surface area contributed by atoms with Crippen LogP contribution >= 0.6 is 31.9 Å². The molecule has 0 atom stereocenters. The summed E-state index contributed by atoms with van der Waals surface area (Å²) in [5.41, 5.74) is 0. The van der Waals surface area contributed by atoms with Crippen LogP contribution in [-0.2, 0) is 0 Å². The van der Waals surface area contributed by atoms with Gasteiger partial charge in [0.1, 0.15) is 0 Å². The fourth-order valence-corrected chi connectivity index (χ4v) is 8.43. The van der Waals surface area contributed by atoms with E-state index in [9.17, 15) is 0 Å². The van der Waals surface area contributed by atoms with Crippen LogP contribution in [0.4, 0.5) is 0 Å². The third kappa shape index (κ3) is 1.38. The molecule has 0 radical (unpaired) electrons. The van der Waals surface area contributed by atoms with E-state index in [1.807, 2.05) is 0 Å². The Balaban J connectivity index is 2.83. The molecule has 2 heterocycles. The maximum absolute atomic E-state index is 3.53. The number of halogens is 2. The molecule has 10 heavy (non-hydrogen) atoms. The van der Waals surface area contributed by atoms with Crippen LogP contribution in [0.5, 0.6) is 0 Å². The van der Waals surface area contributed by atoms with E-state index >= 15 is 0 Å². The van der Waals surface area contributed by atoms with Crippen LogP contribution in [0.1, 0.15) is 0 Å².